The number of hydrogen-bond acceptors (Lipinski definition) is 5. The van der Waals surface area contributed by atoms with Gasteiger partial charge in [0.05, 0.1) is 19.1 Å². The minimum atomic E-state index is -0.616. The third kappa shape index (κ3) is 5.58. The van der Waals surface area contributed by atoms with Crippen molar-refractivity contribution in [2.24, 2.45) is 11.7 Å². The lowest BCUT2D eigenvalue weighted by Gasteiger charge is -2.26. The summed E-state index contributed by atoms with van der Waals surface area (Å²) in [7, 11) is 0. The zero-order chi connectivity index (χ0) is 16.8. The maximum absolute atomic E-state index is 11.8. The number of amides is 2. The molecule has 0 saturated carbocycles. The van der Waals surface area contributed by atoms with Crippen LogP contribution in [0.5, 0.6) is 11.5 Å². The van der Waals surface area contributed by atoms with Gasteiger partial charge < -0.3 is 25.8 Å². The van der Waals surface area contributed by atoms with Crippen molar-refractivity contribution in [2.75, 3.05) is 19.7 Å². The number of ether oxygens (including phenoxy) is 2. The first-order chi connectivity index (χ1) is 11.0. The second-order valence-electron chi connectivity index (χ2n) is 5.79. The molecular weight excluding hydrogens is 334 g/mol. The van der Waals surface area contributed by atoms with Crippen LogP contribution in [0.3, 0.4) is 0 Å². The highest BCUT2D eigenvalue weighted by Gasteiger charge is 2.21. The zero-order valence-corrected chi connectivity index (χ0v) is 14.6. The molecule has 0 fully saturated rings. The Labute approximate surface area is 147 Å². The normalized spacial score (nSPS) is 16.8. The fourth-order valence-electron chi connectivity index (χ4n) is 2.04. The van der Waals surface area contributed by atoms with E-state index in [1.54, 1.807) is 0 Å². The Morgan fingerprint density at radius 3 is 2.58 bits per heavy atom. The maximum atomic E-state index is 11.8. The Kier molecular flexibility index (Phi) is 7.81. The molecule has 1 aromatic carbocycles. The molecule has 24 heavy (non-hydrogen) atoms. The van der Waals surface area contributed by atoms with Gasteiger partial charge >= 0.3 is 0 Å². The van der Waals surface area contributed by atoms with E-state index in [9.17, 15) is 9.59 Å². The van der Waals surface area contributed by atoms with Gasteiger partial charge in [-0.3, -0.25) is 9.59 Å². The van der Waals surface area contributed by atoms with Gasteiger partial charge in [0, 0.05) is 0 Å². The Morgan fingerprint density at radius 1 is 1.25 bits per heavy atom. The molecule has 1 unspecified atom stereocenters. The maximum Gasteiger partial charge on any atom is 0.239 e. The van der Waals surface area contributed by atoms with Gasteiger partial charge in [-0.2, -0.15) is 0 Å². The van der Waals surface area contributed by atoms with Crippen molar-refractivity contribution >= 4 is 24.2 Å². The van der Waals surface area contributed by atoms with Crippen molar-refractivity contribution < 1.29 is 19.1 Å². The molecule has 0 bridgehead atoms. The summed E-state index contributed by atoms with van der Waals surface area (Å²) in [5, 5.41) is 5.23. The molecule has 0 aromatic heterocycles. The number of fused-ring (bicyclic) bond motifs is 1. The number of hydrogen-bond donors (Lipinski definition) is 3. The SMILES string of the molecule is CC(C)[C@H](N)C(=O)NCC(=O)NCC1COc2ccccc2O1.Cl. The van der Waals surface area contributed by atoms with Gasteiger partial charge in [0.15, 0.2) is 11.5 Å². The van der Waals surface area contributed by atoms with Crippen LogP contribution in [0.25, 0.3) is 0 Å². The Bertz CT molecular complexity index is 568. The Hall–Kier alpha value is -1.99. The summed E-state index contributed by atoms with van der Waals surface area (Å²) >= 11 is 0. The molecule has 0 radical (unpaired) electrons. The van der Waals surface area contributed by atoms with Crippen LogP contribution in [-0.2, 0) is 9.59 Å². The fourth-order valence-corrected chi connectivity index (χ4v) is 2.04. The lowest BCUT2D eigenvalue weighted by Crippen LogP contribution is -2.48. The van der Waals surface area contributed by atoms with E-state index < -0.39 is 6.04 Å². The number of nitrogens with two attached hydrogens (primary N) is 1. The molecule has 1 aliphatic rings. The average Bonchev–Trinajstić information content (AvgIpc) is 2.56. The van der Waals surface area contributed by atoms with Crippen LogP contribution >= 0.6 is 12.4 Å². The van der Waals surface area contributed by atoms with Crippen molar-refractivity contribution in [3.63, 3.8) is 0 Å². The van der Waals surface area contributed by atoms with Gasteiger partial charge in [-0.05, 0) is 18.1 Å². The predicted molar refractivity (Wildman–Crippen MR) is 92.4 cm³/mol. The van der Waals surface area contributed by atoms with Crippen LogP contribution in [0.1, 0.15) is 13.8 Å². The fraction of sp³-hybridized carbons (Fsp3) is 0.500. The first kappa shape index (κ1) is 20.1. The number of nitrogens with one attached hydrogen (secondary N) is 2. The Morgan fingerprint density at radius 2 is 1.92 bits per heavy atom. The average molecular weight is 358 g/mol. The van der Waals surface area contributed by atoms with Gasteiger partial charge in [0.1, 0.15) is 12.7 Å². The molecule has 0 aliphatic carbocycles. The molecule has 1 heterocycles. The topological polar surface area (TPSA) is 103 Å². The summed E-state index contributed by atoms with van der Waals surface area (Å²) in [5.41, 5.74) is 5.70. The summed E-state index contributed by atoms with van der Waals surface area (Å²) < 4.78 is 11.3. The summed E-state index contributed by atoms with van der Waals surface area (Å²) in [6, 6.07) is 6.76. The first-order valence-electron chi connectivity index (χ1n) is 7.66. The largest absolute Gasteiger partial charge is 0.486 e. The van der Waals surface area contributed by atoms with E-state index in [1.807, 2.05) is 38.1 Å². The summed E-state index contributed by atoms with van der Waals surface area (Å²) in [4.78, 5) is 23.4. The van der Waals surface area contributed by atoms with Crippen LogP contribution in [0.2, 0.25) is 0 Å². The quantitative estimate of drug-likeness (QED) is 0.686. The predicted octanol–water partition coefficient (Wildman–Crippen LogP) is 0.464. The monoisotopic (exact) mass is 357 g/mol. The summed E-state index contributed by atoms with van der Waals surface area (Å²) in [6.07, 6.45) is -0.262. The molecule has 4 N–H and O–H groups in total. The molecule has 1 aliphatic heterocycles. The first-order valence-corrected chi connectivity index (χ1v) is 7.66. The van der Waals surface area contributed by atoms with E-state index in [4.69, 9.17) is 15.2 Å². The number of halogens is 1. The highest BCUT2D eigenvalue weighted by Crippen LogP contribution is 2.30. The smallest absolute Gasteiger partial charge is 0.239 e. The van der Waals surface area contributed by atoms with Crippen molar-refractivity contribution in [3.8, 4) is 11.5 Å². The summed E-state index contributed by atoms with van der Waals surface area (Å²) in [5.74, 6) is 0.753. The van der Waals surface area contributed by atoms with E-state index in [-0.39, 0.29) is 42.8 Å². The highest BCUT2D eigenvalue weighted by atomic mass is 35.5. The molecule has 0 saturated heterocycles. The molecule has 2 atom stereocenters. The van der Waals surface area contributed by atoms with E-state index in [0.717, 1.165) is 0 Å². The lowest BCUT2D eigenvalue weighted by atomic mass is 10.1. The standard InChI is InChI=1S/C16H23N3O4.ClH/c1-10(2)15(17)16(21)19-8-14(20)18-7-11-9-22-12-5-3-4-6-13(12)23-11;/h3-6,10-11,15H,7-9,17H2,1-2H3,(H,18,20)(H,19,21);1H/t11?,15-;/m0./s1. The molecular formula is C16H24ClN3O4. The van der Waals surface area contributed by atoms with E-state index in [0.29, 0.717) is 24.7 Å². The third-order valence-corrected chi connectivity index (χ3v) is 3.54. The minimum absolute atomic E-state index is 0. The number of para-hydroxylation sites is 2. The molecule has 2 amide bonds. The van der Waals surface area contributed by atoms with E-state index >= 15 is 0 Å². The third-order valence-electron chi connectivity index (χ3n) is 3.54. The van der Waals surface area contributed by atoms with Gasteiger partial charge in [-0.25, -0.2) is 0 Å². The number of carbonyl (C=O) groups is 2. The molecule has 7 nitrogen and oxygen atoms in total. The number of rotatable bonds is 6. The van der Waals surface area contributed by atoms with Crippen LogP contribution in [0.4, 0.5) is 0 Å². The van der Waals surface area contributed by atoms with Crippen molar-refractivity contribution in [3.05, 3.63) is 24.3 Å². The van der Waals surface area contributed by atoms with Gasteiger partial charge in [-0.1, -0.05) is 26.0 Å². The van der Waals surface area contributed by atoms with E-state index in [1.165, 1.54) is 0 Å². The molecule has 8 heteroatoms. The highest BCUT2D eigenvalue weighted by molar-refractivity contribution is 5.87. The lowest BCUT2D eigenvalue weighted by molar-refractivity contribution is -0.127. The van der Waals surface area contributed by atoms with Crippen LogP contribution < -0.4 is 25.8 Å². The van der Waals surface area contributed by atoms with Crippen LogP contribution in [0, 0.1) is 5.92 Å². The molecule has 0 spiro atoms. The van der Waals surface area contributed by atoms with Gasteiger partial charge in [0.2, 0.25) is 11.8 Å². The van der Waals surface area contributed by atoms with Crippen molar-refractivity contribution in [2.45, 2.75) is 26.0 Å². The summed E-state index contributed by atoms with van der Waals surface area (Å²) in [6.45, 7) is 4.26. The molecule has 2 rings (SSSR count). The zero-order valence-electron chi connectivity index (χ0n) is 13.8. The molecule has 1 aromatic rings. The molecule has 134 valence electrons. The Balaban J connectivity index is 0.00000288. The van der Waals surface area contributed by atoms with Crippen molar-refractivity contribution in [1.82, 2.24) is 10.6 Å². The second kappa shape index (κ2) is 9.34. The van der Waals surface area contributed by atoms with Gasteiger partial charge in [0.25, 0.3) is 0 Å². The van der Waals surface area contributed by atoms with E-state index in [2.05, 4.69) is 10.6 Å². The van der Waals surface area contributed by atoms with Crippen molar-refractivity contribution in [1.29, 1.82) is 0 Å². The minimum Gasteiger partial charge on any atom is -0.486 e. The number of benzene rings is 1. The van der Waals surface area contributed by atoms with Crippen LogP contribution in [0.15, 0.2) is 24.3 Å². The number of carbonyl (C=O) groups excluding carboxylic acids is 2. The van der Waals surface area contributed by atoms with Crippen LogP contribution in [-0.4, -0.2) is 43.7 Å². The van der Waals surface area contributed by atoms with Gasteiger partial charge in [-0.15, -0.1) is 12.4 Å². The second-order valence-corrected chi connectivity index (χ2v) is 5.79.